The van der Waals surface area contributed by atoms with Gasteiger partial charge in [0.05, 0.1) is 16.9 Å². The van der Waals surface area contributed by atoms with Gasteiger partial charge in [-0.2, -0.15) is 0 Å². The topological polar surface area (TPSA) is 110 Å². The van der Waals surface area contributed by atoms with Gasteiger partial charge in [-0.05, 0) is 43.2 Å². The van der Waals surface area contributed by atoms with Gasteiger partial charge >= 0.3 is 0 Å². The molecule has 0 bridgehead atoms. The van der Waals surface area contributed by atoms with Crippen molar-refractivity contribution in [3.8, 4) is 0 Å². The van der Waals surface area contributed by atoms with E-state index in [0.717, 1.165) is 11.8 Å². The van der Waals surface area contributed by atoms with Crippen molar-refractivity contribution in [2.45, 2.75) is 13.3 Å². The lowest BCUT2D eigenvalue weighted by molar-refractivity contribution is -0.385. The minimum absolute atomic E-state index is 0.0689. The summed E-state index contributed by atoms with van der Waals surface area (Å²) in [6, 6.07) is 9.28. The van der Waals surface area contributed by atoms with E-state index in [1.54, 1.807) is 37.3 Å². The first-order valence-electron chi connectivity index (χ1n) is 7.84. The van der Waals surface area contributed by atoms with Gasteiger partial charge in [-0.15, -0.1) is 0 Å². The van der Waals surface area contributed by atoms with Gasteiger partial charge in [-0.25, -0.2) is 8.42 Å². The lowest BCUT2D eigenvalue weighted by atomic mass is 10.1. The van der Waals surface area contributed by atoms with Crippen molar-refractivity contribution in [2.24, 2.45) is 0 Å². The second kappa shape index (κ2) is 6.41. The van der Waals surface area contributed by atoms with Gasteiger partial charge in [0.1, 0.15) is 0 Å². The van der Waals surface area contributed by atoms with E-state index in [1.165, 1.54) is 10.4 Å². The van der Waals surface area contributed by atoms with E-state index in [1.807, 2.05) is 0 Å². The van der Waals surface area contributed by atoms with Crippen molar-refractivity contribution < 1.29 is 18.1 Å². The molecular weight excluding hydrogens is 358 g/mol. The second-order valence-electron chi connectivity index (χ2n) is 6.14. The quantitative estimate of drug-likeness (QED) is 0.652. The number of hydrogen-bond donors (Lipinski definition) is 1. The highest BCUT2D eigenvalue weighted by molar-refractivity contribution is 7.92. The molecule has 3 rings (SSSR count). The maximum absolute atomic E-state index is 12.4. The van der Waals surface area contributed by atoms with Gasteiger partial charge in [-0.1, -0.05) is 6.07 Å². The summed E-state index contributed by atoms with van der Waals surface area (Å²) in [5.74, 6) is -0.413. The molecule has 0 unspecified atom stereocenters. The number of carbonyl (C=O) groups excluding carboxylic acids is 1. The monoisotopic (exact) mass is 375 g/mol. The molecule has 26 heavy (non-hydrogen) atoms. The van der Waals surface area contributed by atoms with Gasteiger partial charge in [0.15, 0.2) is 0 Å². The number of nitro groups is 1. The van der Waals surface area contributed by atoms with Crippen molar-refractivity contribution >= 4 is 33.0 Å². The molecule has 0 aliphatic carbocycles. The van der Waals surface area contributed by atoms with E-state index in [9.17, 15) is 23.3 Å². The van der Waals surface area contributed by atoms with Crippen LogP contribution in [0.1, 0.15) is 21.5 Å². The number of benzene rings is 2. The predicted molar refractivity (Wildman–Crippen MR) is 98.1 cm³/mol. The predicted octanol–water partition coefficient (Wildman–Crippen LogP) is 2.48. The zero-order valence-electron chi connectivity index (χ0n) is 14.2. The van der Waals surface area contributed by atoms with Crippen LogP contribution in [0.2, 0.25) is 0 Å². The summed E-state index contributed by atoms with van der Waals surface area (Å²) in [6.45, 7) is 1.97. The maximum Gasteiger partial charge on any atom is 0.274 e. The molecule has 0 aromatic heterocycles. The Morgan fingerprint density at radius 3 is 2.62 bits per heavy atom. The zero-order valence-corrected chi connectivity index (χ0v) is 15.0. The average Bonchev–Trinajstić information content (AvgIpc) is 2.99. The number of anilines is 2. The molecule has 9 heteroatoms. The highest BCUT2D eigenvalue weighted by atomic mass is 32.2. The number of amides is 1. The largest absolute Gasteiger partial charge is 0.322 e. The number of hydrogen-bond acceptors (Lipinski definition) is 5. The number of nitrogens with zero attached hydrogens (tertiary/aromatic N) is 2. The first-order valence-corrected chi connectivity index (χ1v) is 9.68. The van der Waals surface area contributed by atoms with Gasteiger partial charge in [-0.3, -0.25) is 19.2 Å². The van der Waals surface area contributed by atoms with Crippen LogP contribution in [0.4, 0.5) is 17.1 Å². The van der Waals surface area contributed by atoms with Crippen molar-refractivity contribution in [2.75, 3.05) is 22.4 Å². The normalized spacial score (nSPS) is 13.4. The third kappa shape index (κ3) is 3.38. The molecule has 0 saturated heterocycles. The fourth-order valence-electron chi connectivity index (χ4n) is 2.94. The number of rotatable bonds is 4. The van der Waals surface area contributed by atoms with Crippen LogP contribution >= 0.6 is 0 Å². The van der Waals surface area contributed by atoms with Crippen molar-refractivity contribution in [3.05, 3.63) is 63.2 Å². The van der Waals surface area contributed by atoms with E-state index in [2.05, 4.69) is 5.32 Å². The fourth-order valence-corrected chi connectivity index (χ4v) is 3.90. The molecular formula is C17H17N3O5S. The van der Waals surface area contributed by atoms with Crippen LogP contribution in [0.25, 0.3) is 0 Å². The summed E-state index contributed by atoms with van der Waals surface area (Å²) in [4.78, 5) is 23.0. The first kappa shape index (κ1) is 17.9. The molecule has 136 valence electrons. The molecule has 2 aromatic rings. The molecule has 1 amide bonds. The molecule has 8 nitrogen and oxygen atoms in total. The molecule has 0 fully saturated rings. The van der Waals surface area contributed by atoms with E-state index >= 15 is 0 Å². The molecule has 0 radical (unpaired) electrons. The summed E-state index contributed by atoms with van der Waals surface area (Å²) in [5.41, 5.74) is 2.48. The number of carbonyl (C=O) groups is 1. The van der Waals surface area contributed by atoms with Gasteiger partial charge in [0, 0.05) is 29.4 Å². The lowest BCUT2D eigenvalue weighted by Gasteiger charge is -2.16. The average molecular weight is 375 g/mol. The lowest BCUT2D eigenvalue weighted by Crippen LogP contribution is -2.27. The standard InChI is InChI=1S/C17H17N3O5S/c1-11-3-5-14(10-16(11)20(22)23)18-17(21)13-4-6-15-12(9-13)7-8-19(15)26(2,24)25/h3-6,9-10H,7-8H2,1-2H3,(H,18,21). The smallest absolute Gasteiger partial charge is 0.274 e. The Kier molecular flexibility index (Phi) is 4.41. The van der Waals surface area contributed by atoms with Crippen LogP contribution in [-0.4, -0.2) is 32.0 Å². The number of nitro benzene ring substituents is 1. The SMILES string of the molecule is Cc1ccc(NC(=O)c2ccc3c(c2)CCN3S(C)(=O)=O)cc1[N+](=O)[O-]. The number of sulfonamides is 1. The van der Waals surface area contributed by atoms with Crippen LogP contribution in [0.3, 0.4) is 0 Å². The fraction of sp³-hybridized carbons (Fsp3) is 0.235. The maximum atomic E-state index is 12.4. The summed E-state index contributed by atoms with van der Waals surface area (Å²) < 4.78 is 24.8. The second-order valence-corrected chi connectivity index (χ2v) is 8.05. The van der Waals surface area contributed by atoms with Crippen LogP contribution in [0.15, 0.2) is 36.4 Å². The van der Waals surface area contributed by atoms with E-state index < -0.39 is 20.9 Å². The molecule has 0 spiro atoms. The van der Waals surface area contributed by atoms with Gasteiger partial charge < -0.3 is 5.32 Å². The van der Waals surface area contributed by atoms with E-state index in [4.69, 9.17) is 0 Å². The van der Waals surface area contributed by atoms with Crippen molar-refractivity contribution in [3.63, 3.8) is 0 Å². The highest BCUT2D eigenvalue weighted by Gasteiger charge is 2.26. The molecule has 1 aliphatic rings. The molecule has 2 aromatic carbocycles. The van der Waals surface area contributed by atoms with Gasteiger partial charge in [0.25, 0.3) is 11.6 Å². The summed E-state index contributed by atoms with van der Waals surface area (Å²) in [6.07, 6.45) is 1.67. The Balaban J connectivity index is 1.84. The summed E-state index contributed by atoms with van der Waals surface area (Å²) in [7, 11) is -3.35. The molecule has 0 saturated carbocycles. The Hall–Kier alpha value is -2.94. The van der Waals surface area contributed by atoms with Crippen LogP contribution in [0, 0.1) is 17.0 Å². The summed E-state index contributed by atoms with van der Waals surface area (Å²) in [5, 5.41) is 13.6. The molecule has 1 aliphatic heterocycles. The zero-order chi connectivity index (χ0) is 19.1. The minimum atomic E-state index is -3.35. The van der Waals surface area contributed by atoms with Crippen LogP contribution in [0.5, 0.6) is 0 Å². The molecule has 1 N–H and O–H groups in total. The number of nitrogens with one attached hydrogen (secondary N) is 1. The third-order valence-corrected chi connectivity index (χ3v) is 5.44. The van der Waals surface area contributed by atoms with E-state index in [0.29, 0.717) is 35.5 Å². The molecule has 0 atom stereocenters. The van der Waals surface area contributed by atoms with Crippen molar-refractivity contribution in [1.29, 1.82) is 0 Å². The highest BCUT2D eigenvalue weighted by Crippen LogP contribution is 2.31. The Morgan fingerprint density at radius 1 is 1.23 bits per heavy atom. The minimum Gasteiger partial charge on any atom is -0.322 e. The Bertz CT molecular complexity index is 1020. The Labute approximate surface area is 150 Å². The summed E-state index contributed by atoms with van der Waals surface area (Å²) >= 11 is 0. The third-order valence-electron chi connectivity index (χ3n) is 4.26. The van der Waals surface area contributed by atoms with E-state index in [-0.39, 0.29) is 5.69 Å². The van der Waals surface area contributed by atoms with Gasteiger partial charge in [0.2, 0.25) is 10.0 Å². The van der Waals surface area contributed by atoms with Crippen LogP contribution in [-0.2, 0) is 16.4 Å². The van der Waals surface area contributed by atoms with Crippen molar-refractivity contribution in [1.82, 2.24) is 0 Å². The molecule has 1 heterocycles. The number of aryl methyl sites for hydroxylation is 1. The Morgan fingerprint density at radius 2 is 1.96 bits per heavy atom. The first-order chi connectivity index (χ1) is 12.2. The number of fused-ring (bicyclic) bond motifs is 1. The van der Waals surface area contributed by atoms with Crippen LogP contribution < -0.4 is 9.62 Å².